The number of hydrogen-bond acceptors (Lipinski definition) is 2. The van der Waals surface area contributed by atoms with Gasteiger partial charge in [0.25, 0.3) is 0 Å². The first-order chi connectivity index (χ1) is 9.88. The van der Waals surface area contributed by atoms with Crippen LogP contribution in [0.15, 0.2) is 71.3 Å². The van der Waals surface area contributed by atoms with E-state index in [1.54, 1.807) is 6.20 Å². The second-order valence-corrected chi connectivity index (χ2v) is 5.11. The highest BCUT2D eigenvalue weighted by Gasteiger charge is 2.21. The van der Waals surface area contributed by atoms with Crippen LogP contribution in [0.5, 0.6) is 0 Å². The molecule has 2 nitrogen and oxygen atoms in total. The fourth-order valence-corrected chi connectivity index (χ4v) is 2.55. The Labute approximate surface area is 126 Å². The quantitative estimate of drug-likeness (QED) is 0.646. The molecule has 0 radical (unpaired) electrons. The number of rotatable bonds is 4. The summed E-state index contributed by atoms with van der Waals surface area (Å²) in [6.45, 7) is 0. The van der Waals surface area contributed by atoms with Gasteiger partial charge in [0.1, 0.15) is 5.76 Å². The van der Waals surface area contributed by atoms with Gasteiger partial charge < -0.3 is 4.42 Å². The summed E-state index contributed by atoms with van der Waals surface area (Å²) in [5.41, 5.74) is 2.36. The molecule has 1 aromatic heterocycles. The molecule has 20 heavy (non-hydrogen) atoms. The van der Waals surface area contributed by atoms with Crippen molar-refractivity contribution in [2.45, 2.75) is 11.2 Å². The summed E-state index contributed by atoms with van der Waals surface area (Å²) in [5.74, 6) is 1.61. The maximum atomic E-state index is 5.85. The molecular weight excluding hydrogens is 314 g/mol. The summed E-state index contributed by atoms with van der Waals surface area (Å²) in [5, 5.41) is 0.677. The van der Waals surface area contributed by atoms with Crippen molar-refractivity contribution in [3.8, 4) is 0 Å². The minimum Gasteiger partial charge on any atom is -0.444 e. The van der Waals surface area contributed by atoms with Crippen molar-refractivity contribution in [2.24, 2.45) is 0 Å². The van der Waals surface area contributed by atoms with Crippen molar-refractivity contribution >= 4 is 15.9 Å². The first-order valence-corrected chi connectivity index (χ1v) is 7.61. The minimum atomic E-state index is 0.0326. The van der Waals surface area contributed by atoms with E-state index in [1.165, 1.54) is 11.1 Å². The summed E-state index contributed by atoms with van der Waals surface area (Å²) in [6.07, 6.45) is 1.78. The van der Waals surface area contributed by atoms with E-state index in [0.29, 0.717) is 5.33 Å². The Morgan fingerprint density at radius 2 is 1.45 bits per heavy atom. The molecule has 0 fully saturated rings. The Balaban J connectivity index is 2.09. The predicted octanol–water partition coefficient (Wildman–Crippen LogP) is 4.75. The van der Waals surface area contributed by atoms with Crippen molar-refractivity contribution < 1.29 is 4.42 Å². The molecule has 3 heteroatoms. The minimum absolute atomic E-state index is 0.0326. The summed E-state index contributed by atoms with van der Waals surface area (Å²) < 4.78 is 5.85. The summed E-state index contributed by atoms with van der Waals surface area (Å²) in [7, 11) is 0. The van der Waals surface area contributed by atoms with Crippen LogP contribution in [0.4, 0.5) is 0 Å². The second kappa shape index (κ2) is 6.06. The molecule has 0 amide bonds. The lowest BCUT2D eigenvalue weighted by Crippen LogP contribution is -2.03. The molecule has 0 saturated carbocycles. The van der Waals surface area contributed by atoms with Crippen LogP contribution in [0.2, 0.25) is 0 Å². The maximum Gasteiger partial charge on any atom is 0.206 e. The average molecular weight is 328 g/mol. The van der Waals surface area contributed by atoms with Gasteiger partial charge in [-0.2, -0.15) is 0 Å². The van der Waals surface area contributed by atoms with E-state index in [2.05, 4.69) is 45.2 Å². The van der Waals surface area contributed by atoms with Crippen LogP contribution in [0, 0.1) is 0 Å². The van der Waals surface area contributed by atoms with E-state index in [9.17, 15) is 0 Å². The molecule has 0 atom stereocenters. The SMILES string of the molecule is BrCc1cnc(C(c2ccccc2)c2ccccc2)o1. The number of benzene rings is 2. The molecule has 0 aliphatic carbocycles. The van der Waals surface area contributed by atoms with Crippen LogP contribution in [0.25, 0.3) is 0 Å². The summed E-state index contributed by atoms with van der Waals surface area (Å²) >= 11 is 3.40. The molecule has 0 bridgehead atoms. The van der Waals surface area contributed by atoms with Crippen molar-refractivity contribution in [1.29, 1.82) is 0 Å². The fourth-order valence-electron chi connectivity index (χ4n) is 2.29. The molecule has 0 saturated heterocycles. The van der Waals surface area contributed by atoms with Gasteiger partial charge in [-0.25, -0.2) is 4.98 Å². The molecule has 2 aromatic carbocycles. The van der Waals surface area contributed by atoms with Gasteiger partial charge in [-0.05, 0) is 11.1 Å². The lowest BCUT2D eigenvalue weighted by atomic mass is 9.91. The Morgan fingerprint density at radius 3 is 1.90 bits per heavy atom. The third kappa shape index (κ3) is 2.68. The lowest BCUT2D eigenvalue weighted by Gasteiger charge is -2.14. The molecule has 0 aliphatic heterocycles. The molecule has 0 spiro atoms. The Kier molecular flexibility index (Phi) is 3.97. The normalized spacial score (nSPS) is 10.9. The first-order valence-electron chi connectivity index (χ1n) is 6.49. The molecular formula is C17H14BrNO. The van der Waals surface area contributed by atoms with Crippen LogP contribution >= 0.6 is 15.9 Å². The fraction of sp³-hybridized carbons (Fsp3) is 0.118. The third-order valence-corrected chi connectivity index (χ3v) is 3.77. The van der Waals surface area contributed by atoms with E-state index in [-0.39, 0.29) is 5.92 Å². The highest BCUT2D eigenvalue weighted by atomic mass is 79.9. The van der Waals surface area contributed by atoms with E-state index in [4.69, 9.17) is 4.42 Å². The van der Waals surface area contributed by atoms with Gasteiger partial charge in [0, 0.05) is 0 Å². The molecule has 0 unspecified atom stereocenters. The van der Waals surface area contributed by atoms with Gasteiger partial charge in [0.15, 0.2) is 0 Å². The van der Waals surface area contributed by atoms with Gasteiger partial charge in [-0.3, -0.25) is 0 Å². The number of nitrogens with zero attached hydrogens (tertiary/aromatic N) is 1. The highest BCUT2D eigenvalue weighted by Crippen LogP contribution is 2.31. The van der Waals surface area contributed by atoms with Crippen LogP contribution in [-0.2, 0) is 5.33 Å². The van der Waals surface area contributed by atoms with Gasteiger partial charge in [0.05, 0.1) is 17.4 Å². The van der Waals surface area contributed by atoms with E-state index in [1.807, 2.05) is 36.4 Å². The average Bonchev–Trinajstić information content (AvgIpc) is 2.98. The smallest absolute Gasteiger partial charge is 0.206 e. The zero-order valence-electron chi connectivity index (χ0n) is 10.9. The standard InChI is InChI=1S/C17H14BrNO/c18-11-15-12-19-17(20-15)16(13-7-3-1-4-8-13)14-9-5-2-6-10-14/h1-10,12,16H,11H2. The van der Waals surface area contributed by atoms with Gasteiger partial charge in [-0.1, -0.05) is 76.6 Å². The summed E-state index contributed by atoms with van der Waals surface area (Å²) in [6, 6.07) is 20.6. The van der Waals surface area contributed by atoms with E-state index >= 15 is 0 Å². The molecule has 0 aliphatic rings. The van der Waals surface area contributed by atoms with Gasteiger partial charge >= 0.3 is 0 Å². The number of aromatic nitrogens is 1. The first kappa shape index (κ1) is 13.1. The van der Waals surface area contributed by atoms with Gasteiger partial charge in [0.2, 0.25) is 5.89 Å². The van der Waals surface area contributed by atoms with E-state index < -0.39 is 0 Å². The topological polar surface area (TPSA) is 26.0 Å². The zero-order valence-corrected chi connectivity index (χ0v) is 12.5. The Bertz CT molecular complexity index is 624. The molecule has 1 heterocycles. The molecule has 3 rings (SSSR count). The second-order valence-electron chi connectivity index (χ2n) is 4.55. The van der Waals surface area contributed by atoms with E-state index in [0.717, 1.165) is 11.7 Å². The molecule has 100 valence electrons. The number of halogens is 1. The third-order valence-electron chi connectivity index (χ3n) is 3.22. The van der Waals surface area contributed by atoms with Crippen LogP contribution in [0.1, 0.15) is 28.7 Å². The van der Waals surface area contributed by atoms with Crippen LogP contribution in [-0.4, -0.2) is 4.98 Å². The summed E-state index contributed by atoms with van der Waals surface area (Å²) in [4.78, 5) is 4.44. The number of oxazole rings is 1. The predicted molar refractivity (Wildman–Crippen MR) is 83.0 cm³/mol. The van der Waals surface area contributed by atoms with Gasteiger partial charge in [-0.15, -0.1) is 0 Å². The van der Waals surface area contributed by atoms with Crippen molar-refractivity contribution in [3.05, 3.63) is 89.6 Å². The number of alkyl halides is 1. The van der Waals surface area contributed by atoms with Crippen LogP contribution < -0.4 is 0 Å². The van der Waals surface area contributed by atoms with Crippen molar-refractivity contribution in [3.63, 3.8) is 0 Å². The number of hydrogen-bond donors (Lipinski definition) is 0. The monoisotopic (exact) mass is 327 g/mol. The maximum absolute atomic E-state index is 5.85. The Morgan fingerprint density at radius 1 is 0.900 bits per heavy atom. The van der Waals surface area contributed by atoms with Crippen molar-refractivity contribution in [1.82, 2.24) is 4.98 Å². The molecule has 0 N–H and O–H groups in total. The largest absolute Gasteiger partial charge is 0.444 e. The highest BCUT2D eigenvalue weighted by molar-refractivity contribution is 9.08. The van der Waals surface area contributed by atoms with Crippen LogP contribution in [0.3, 0.4) is 0 Å². The zero-order chi connectivity index (χ0) is 13.8. The molecule has 3 aromatic rings. The Hall–Kier alpha value is -1.87. The lowest BCUT2D eigenvalue weighted by molar-refractivity contribution is 0.463. The van der Waals surface area contributed by atoms with Crippen molar-refractivity contribution in [2.75, 3.05) is 0 Å².